The summed E-state index contributed by atoms with van der Waals surface area (Å²) in [6.07, 6.45) is 0. The van der Waals surface area contributed by atoms with Crippen molar-refractivity contribution in [1.29, 1.82) is 5.26 Å². The van der Waals surface area contributed by atoms with Gasteiger partial charge in [0.2, 0.25) is 0 Å². The van der Waals surface area contributed by atoms with Crippen LogP contribution in [0.15, 0.2) is 16.6 Å². The Morgan fingerprint density at radius 2 is 2.29 bits per heavy atom. The van der Waals surface area contributed by atoms with Crippen molar-refractivity contribution in [3.05, 3.63) is 31.3 Å². The molecule has 1 aromatic carbocycles. The number of methoxy groups -OCH3 is 1. The fourth-order valence-corrected chi connectivity index (χ4v) is 2.56. The predicted octanol–water partition coefficient (Wildman–Crippen LogP) is 2.71. The molecule has 0 saturated heterocycles. The lowest BCUT2D eigenvalue weighted by molar-refractivity contribution is 0.0600. The van der Waals surface area contributed by atoms with Crippen LogP contribution in [0, 0.1) is 14.9 Å². The van der Waals surface area contributed by atoms with Crippen molar-refractivity contribution in [3.8, 4) is 6.07 Å². The van der Waals surface area contributed by atoms with Crippen LogP contribution in [0.5, 0.6) is 0 Å². The van der Waals surface area contributed by atoms with E-state index >= 15 is 0 Å². The highest BCUT2D eigenvalue weighted by Gasteiger charge is 2.15. The van der Waals surface area contributed by atoms with Crippen LogP contribution in [0.1, 0.15) is 15.9 Å². The fourth-order valence-electron chi connectivity index (χ4n) is 0.958. The van der Waals surface area contributed by atoms with Gasteiger partial charge in [-0.1, -0.05) is 0 Å². The van der Waals surface area contributed by atoms with E-state index < -0.39 is 5.97 Å². The molecule has 14 heavy (non-hydrogen) atoms. The maximum Gasteiger partial charge on any atom is 0.339 e. The second-order valence-corrected chi connectivity index (χ2v) is 4.51. The van der Waals surface area contributed by atoms with E-state index in [1.165, 1.54) is 7.11 Å². The average molecular weight is 366 g/mol. The zero-order valence-corrected chi connectivity index (χ0v) is 10.9. The molecular formula is C9H5BrINO2. The van der Waals surface area contributed by atoms with Crippen molar-refractivity contribution in [3.63, 3.8) is 0 Å². The van der Waals surface area contributed by atoms with Gasteiger partial charge in [-0.25, -0.2) is 4.79 Å². The highest BCUT2D eigenvalue weighted by molar-refractivity contribution is 14.1. The molecule has 0 N–H and O–H groups in total. The molecule has 0 fully saturated rings. The number of halogens is 2. The van der Waals surface area contributed by atoms with Gasteiger partial charge in [-0.2, -0.15) is 5.26 Å². The van der Waals surface area contributed by atoms with Crippen LogP contribution in [0.4, 0.5) is 0 Å². The number of nitriles is 1. The summed E-state index contributed by atoms with van der Waals surface area (Å²) in [5.74, 6) is -0.499. The Labute approximate surface area is 103 Å². The van der Waals surface area contributed by atoms with Crippen LogP contribution in [0.25, 0.3) is 0 Å². The molecule has 0 saturated carbocycles. The van der Waals surface area contributed by atoms with E-state index in [4.69, 9.17) is 5.26 Å². The van der Waals surface area contributed by atoms with E-state index in [9.17, 15) is 4.79 Å². The second-order valence-electron chi connectivity index (χ2n) is 2.41. The quantitative estimate of drug-likeness (QED) is 0.568. The van der Waals surface area contributed by atoms with Crippen molar-refractivity contribution in [2.75, 3.05) is 7.11 Å². The lowest BCUT2D eigenvalue weighted by Gasteiger charge is -2.04. The molecule has 5 heteroatoms. The van der Waals surface area contributed by atoms with E-state index in [1.807, 2.05) is 6.07 Å². The first-order valence-corrected chi connectivity index (χ1v) is 5.44. The van der Waals surface area contributed by atoms with Crippen LogP contribution in [-0.4, -0.2) is 13.1 Å². The van der Waals surface area contributed by atoms with Crippen LogP contribution in [-0.2, 0) is 4.74 Å². The standard InChI is InChI=1S/C9H5BrINO2/c1-14-9(13)6-2-5(11)3-8(10)7(6)4-12/h2-3H,1H3. The normalized spacial score (nSPS) is 9.29. The molecular weight excluding hydrogens is 361 g/mol. The van der Waals surface area contributed by atoms with Crippen molar-refractivity contribution in [2.45, 2.75) is 0 Å². The van der Waals surface area contributed by atoms with Gasteiger partial charge in [-0.15, -0.1) is 0 Å². The fraction of sp³-hybridized carbons (Fsp3) is 0.111. The zero-order chi connectivity index (χ0) is 10.7. The predicted molar refractivity (Wildman–Crippen MR) is 62.9 cm³/mol. The molecule has 0 heterocycles. The van der Waals surface area contributed by atoms with Crippen molar-refractivity contribution < 1.29 is 9.53 Å². The molecule has 0 aliphatic carbocycles. The van der Waals surface area contributed by atoms with Crippen LogP contribution >= 0.6 is 38.5 Å². The number of rotatable bonds is 1. The van der Waals surface area contributed by atoms with E-state index in [0.29, 0.717) is 10.0 Å². The van der Waals surface area contributed by atoms with Crippen molar-refractivity contribution in [1.82, 2.24) is 0 Å². The minimum atomic E-state index is -0.499. The molecule has 0 aliphatic heterocycles. The Kier molecular flexibility index (Phi) is 3.89. The highest BCUT2D eigenvalue weighted by Crippen LogP contribution is 2.23. The van der Waals surface area contributed by atoms with E-state index in [0.717, 1.165) is 3.57 Å². The summed E-state index contributed by atoms with van der Waals surface area (Å²) in [4.78, 5) is 11.3. The minimum Gasteiger partial charge on any atom is -0.465 e. The van der Waals surface area contributed by atoms with Crippen molar-refractivity contribution >= 4 is 44.5 Å². The monoisotopic (exact) mass is 365 g/mol. The highest BCUT2D eigenvalue weighted by atomic mass is 127. The molecule has 0 aliphatic rings. The molecule has 0 atom stereocenters. The molecule has 1 rings (SSSR count). The summed E-state index contributed by atoms with van der Waals surface area (Å²) in [5, 5.41) is 8.84. The van der Waals surface area contributed by atoms with Gasteiger partial charge in [0.05, 0.1) is 18.2 Å². The van der Waals surface area contributed by atoms with Gasteiger partial charge < -0.3 is 4.74 Å². The Morgan fingerprint density at radius 3 is 2.79 bits per heavy atom. The lowest BCUT2D eigenvalue weighted by Crippen LogP contribution is -2.05. The van der Waals surface area contributed by atoms with Gasteiger partial charge in [0, 0.05) is 8.04 Å². The topological polar surface area (TPSA) is 50.1 Å². The number of benzene rings is 1. The Bertz CT molecular complexity index is 426. The Morgan fingerprint density at radius 1 is 1.64 bits per heavy atom. The summed E-state index contributed by atoms with van der Waals surface area (Å²) in [7, 11) is 1.29. The number of esters is 1. The molecule has 0 amide bonds. The van der Waals surface area contributed by atoms with Gasteiger partial charge in [0.25, 0.3) is 0 Å². The summed E-state index contributed by atoms with van der Waals surface area (Å²) < 4.78 is 6.05. The zero-order valence-electron chi connectivity index (χ0n) is 7.17. The summed E-state index contributed by atoms with van der Waals surface area (Å²) >= 11 is 5.29. The lowest BCUT2D eigenvalue weighted by atomic mass is 10.1. The van der Waals surface area contributed by atoms with Gasteiger partial charge in [0.1, 0.15) is 6.07 Å². The molecule has 0 radical (unpaired) electrons. The van der Waals surface area contributed by atoms with Crippen LogP contribution in [0.3, 0.4) is 0 Å². The molecule has 0 unspecified atom stereocenters. The van der Waals surface area contributed by atoms with Crippen LogP contribution in [0.2, 0.25) is 0 Å². The summed E-state index contributed by atoms with van der Waals surface area (Å²) in [6, 6.07) is 5.35. The van der Waals surface area contributed by atoms with Gasteiger partial charge in [-0.05, 0) is 50.7 Å². The third-order valence-corrected chi connectivity index (χ3v) is 2.82. The number of carbonyl (C=O) groups excluding carboxylic acids is 1. The molecule has 0 spiro atoms. The number of hydrogen-bond donors (Lipinski definition) is 0. The first kappa shape index (κ1) is 11.5. The summed E-state index contributed by atoms with van der Waals surface area (Å²) in [6.45, 7) is 0. The summed E-state index contributed by atoms with van der Waals surface area (Å²) in [5.41, 5.74) is 0.589. The maximum atomic E-state index is 11.3. The third-order valence-electron chi connectivity index (χ3n) is 1.57. The molecule has 1 aromatic rings. The smallest absolute Gasteiger partial charge is 0.339 e. The SMILES string of the molecule is COC(=O)c1cc(I)cc(Br)c1C#N. The molecule has 72 valence electrons. The Hall–Kier alpha value is -0.610. The number of hydrogen-bond acceptors (Lipinski definition) is 3. The van der Waals surface area contributed by atoms with E-state index in [2.05, 4.69) is 43.3 Å². The molecule has 0 aromatic heterocycles. The Balaban J connectivity index is 3.41. The second kappa shape index (κ2) is 4.75. The van der Waals surface area contributed by atoms with E-state index in [-0.39, 0.29) is 5.56 Å². The molecule has 3 nitrogen and oxygen atoms in total. The number of ether oxygens (including phenoxy) is 1. The number of nitrogens with zero attached hydrogens (tertiary/aromatic N) is 1. The van der Waals surface area contributed by atoms with E-state index in [1.54, 1.807) is 12.1 Å². The maximum absolute atomic E-state index is 11.3. The average Bonchev–Trinajstić information content (AvgIpc) is 2.15. The first-order chi connectivity index (χ1) is 6.60. The van der Waals surface area contributed by atoms with Gasteiger partial charge in [0.15, 0.2) is 0 Å². The first-order valence-electron chi connectivity index (χ1n) is 3.57. The van der Waals surface area contributed by atoms with Crippen LogP contribution < -0.4 is 0 Å². The minimum absolute atomic E-state index is 0.286. The van der Waals surface area contributed by atoms with Gasteiger partial charge in [-0.3, -0.25) is 0 Å². The van der Waals surface area contributed by atoms with Crippen molar-refractivity contribution in [2.24, 2.45) is 0 Å². The number of carbonyl (C=O) groups is 1. The third kappa shape index (κ3) is 2.25. The van der Waals surface area contributed by atoms with Gasteiger partial charge >= 0.3 is 5.97 Å². The molecule has 0 bridgehead atoms. The largest absolute Gasteiger partial charge is 0.465 e.